The standard InChI is InChI=1S/C14H17N7O6S2/c1-7-6-28-10(17-7)4-15-13(18-23)12-11-8(3-16-19(11)2)9-5-20(12)14(22)21(9)27-29(24,25)26/h3,6,9,12,23H,4-5H2,1-2H3,(H,15,18)(H,24,25,26)/t9-,12-/m0/s1. The van der Waals surface area contributed by atoms with Crippen molar-refractivity contribution in [2.75, 3.05) is 6.54 Å². The van der Waals surface area contributed by atoms with Crippen molar-refractivity contribution >= 4 is 33.6 Å². The van der Waals surface area contributed by atoms with E-state index in [1.165, 1.54) is 27.1 Å². The summed E-state index contributed by atoms with van der Waals surface area (Å²) in [5.41, 5.74) is 3.92. The molecule has 4 heterocycles. The largest absolute Gasteiger partial charge is 0.418 e. The molecule has 2 amide bonds. The number of carbonyl (C=O) groups is 1. The molecule has 4 rings (SSSR count). The maximum Gasteiger partial charge on any atom is 0.418 e. The average Bonchev–Trinajstić information content (AvgIpc) is 3.31. The molecule has 2 aromatic heterocycles. The summed E-state index contributed by atoms with van der Waals surface area (Å²) in [7, 11) is -3.26. The normalized spacial score (nSPS) is 21.7. The molecule has 2 aromatic rings. The molecule has 156 valence electrons. The third-order valence-corrected chi connectivity index (χ3v) is 5.93. The van der Waals surface area contributed by atoms with E-state index in [2.05, 4.69) is 19.4 Å². The van der Waals surface area contributed by atoms with Gasteiger partial charge in [-0.1, -0.05) is 0 Å². The van der Waals surface area contributed by atoms with Gasteiger partial charge in [0.25, 0.3) is 0 Å². The fourth-order valence-corrected chi connectivity index (χ4v) is 4.58. The van der Waals surface area contributed by atoms with Crippen LogP contribution in [-0.4, -0.2) is 61.3 Å². The quantitative estimate of drug-likeness (QED) is 0.256. The molecular formula is C14H17N7O6S2. The number of nitrogens with one attached hydrogen (secondary N) is 1. The number of thiazole rings is 1. The lowest BCUT2D eigenvalue weighted by atomic mass is 9.97. The van der Waals surface area contributed by atoms with E-state index in [-0.39, 0.29) is 18.9 Å². The van der Waals surface area contributed by atoms with Crippen LogP contribution in [-0.2, 0) is 28.3 Å². The van der Waals surface area contributed by atoms with Crippen LogP contribution in [0.25, 0.3) is 0 Å². The van der Waals surface area contributed by atoms with Gasteiger partial charge in [0.1, 0.15) is 17.1 Å². The van der Waals surface area contributed by atoms with Crippen LogP contribution in [0.2, 0.25) is 0 Å². The molecule has 15 heteroatoms. The summed E-state index contributed by atoms with van der Waals surface area (Å²) in [6.45, 7) is 2.07. The predicted molar refractivity (Wildman–Crippen MR) is 98.2 cm³/mol. The second-order valence-electron chi connectivity index (χ2n) is 6.49. The van der Waals surface area contributed by atoms with E-state index < -0.39 is 28.5 Å². The number of urea groups is 1. The van der Waals surface area contributed by atoms with Crippen LogP contribution in [0.1, 0.15) is 34.0 Å². The Kier molecular flexibility index (Phi) is 4.78. The Morgan fingerprint density at radius 3 is 2.90 bits per heavy atom. The maximum atomic E-state index is 12.8. The van der Waals surface area contributed by atoms with E-state index >= 15 is 0 Å². The van der Waals surface area contributed by atoms with Gasteiger partial charge in [-0.25, -0.2) is 9.78 Å². The highest BCUT2D eigenvalue weighted by Gasteiger charge is 2.53. The van der Waals surface area contributed by atoms with Crippen molar-refractivity contribution in [3.63, 3.8) is 0 Å². The van der Waals surface area contributed by atoms with Gasteiger partial charge in [0, 0.05) is 23.7 Å². The third-order valence-electron chi connectivity index (χ3n) is 4.63. The Hall–Kier alpha value is -2.59. The van der Waals surface area contributed by atoms with Gasteiger partial charge in [0.2, 0.25) is 0 Å². The molecule has 2 aliphatic heterocycles. The fourth-order valence-electron chi connectivity index (χ4n) is 3.52. The van der Waals surface area contributed by atoms with Crippen LogP contribution in [0, 0.1) is 6.92 Å². The number of rotatable bonds is 5. The number of fused-ring (bicyclic) bond motifs is 4. The molecule has 29 heavy (non-hydrogen) atoms. The van der Waals surface area contributed by atoms with Gasteiger partial charge >= 0.3 is 16.4 Å². The highest BCUT2D eigenvalue weighted by atomic mass is 32.3. The van der Waals surface area contributed by atoms with Crippen molar-refractivity contribution < 1.29 is 27.3 Å². The molecule has 1 fully saturated rings. The Bertz CT molecular complexity index is 1090. The van der Waals surface area contributed by atoms with Gasteiger partial charge in [-0.2, -0.15) is 18.6 Å². The first-order chi connectivity index (χ1) is 13.7. The van der Waals surface area contributed by atoms with Gasteiger partial charge < -0.3 is 4.90 Å². The van der Waals surface area contributed by atoms with Gasteiger partial charge in [-0.15, -0.1) is 15.6 Å². The summed E-state index contributed by atoms with van der Waals surface area (Å²) >= 11 is 1.41. The number of amides is 2. The second kappa shape index (κ2) is 7.03. The first-order valence-corrected chi connectivity index (χ1v) is 10.6. The predicted octanol–water partition coefficient (Wildman–Crippen LogP) is 0.330. The Morgan fingerprint density at radius 1 is 1.52 bits per heavy atom. The van der Waals surface area contributed by atoms with Crippen molar-refractivity contribution in [3.8, 4) is 0 Å². The summed E-state index contributed by atoms with van der Waals surface area (Å²) < 4.78 is 37.4. The summed E-state index contributed by atoms with van der Waals surface area (Å²) in [5, 5.41) is 17.1. The molecule has 0 saturated carbocycles. The minimum Gasteiger partial charge on any atom is -0.304 e. The number of aryl methyl sites for hydroxylation is 2. The monoisotopic (exact) mass is 443 g/mol. The molecule has 2 aliphatic rings. The number of hydrogen-bond donors (Lipinski definition) is 3. The van der Waals surface area contributed by atoms with Crippen LogP contribution in [0.15, 0.2) is 16.6 Å². The maximum absolute atomic E-state index is 12.8. The molecule has 2 bridgehead atoms. The van der Waals surface area contributed by atoms with Crippen molar-refractivity contribution in [2.45, 2.75) is 25.6 Å². The van der Waals surface area contributed by atoms with Crippen molar-refractivity contribution in [1.29, 1.82) is 0 Å². The van der Waals surface area contributed by atoms with E-state index in [1.54, 1.807) is 7.05 Å². The molecule has 0 aromatic carbocycles. The number of hydrogen-bond acceptors (Lipinski definition) is 9. The molecule has 2 atom stereocenters. The molecule has 13 nitrogen and oxygen atoms in total. The number of aliphatic imine (C=N–C) groups is 1. The molecule has 0 radical (unpaired) electrons. The van der Waals surface area contributed by atoms with Gasteiger partial charge in [-0.3, -0.25) is 24.9 Å². The van der Waals surface area contributed by atoms with Crippen molar-refractivity contribution in [3.05, 3.63) is 33.5 Å². The Morgan fingerprint density at radius 2 is 2.28 bits per heavy atom. The highest BCUT2D eigenvalue weighted by Crippen LogP contribution is 2.44. The summed E-state index contributed by atoms with van der Waals surface area (Å²) in [5.74, 6) is 0.0585. The van der Waals surface area contributed by atoms with E-state index in [9.17, 15) is 18.4 Å². The zero-order chi connectivity index (χ0) is 20.9. The molecule has 0 spiro atoms. The SMILES string of the molecule is Cc1csc(CN=C(NO)[C@@H]2c3c(cnn3C)[C@@H]3CN2C(=O)N3OS(=O)(=O)O)n1. The zero-order valence-electron chi connectivity index (χ0n) is 15.3. The molecule has 3 N–H and O–H groups in total. The minimum atomic E-state index is -4.91. The molecule has 1 saturated heterocycles. The summed E-state index contributed by atoms with van der Waals surface area (Å²) in [6, 6.07) is -2.48. The molecule has 0 unspecified atom stereocenters. The minimum absolute atomic E-state index is 0.0504. The number of nitrogens with zero attached hydrogens (tertiary/aromatic N) is 6. The number of hydroxylamine groups is 3. The van der Waals surface area contributed by atoms with Crippen LogP contribution >= 0.6 is 11.3 Å². The first-order valence-electron chi connectivity index (χ1n) is 8.33. The van der Waals surface area contributed by atoms with E-state index in [0.717, 1.165) is 10.7 Å². The molecular weight excluding hydrogens is 426 g/mol. The number of aromatic nitrogens is 3. The zero-order valence-corrected chi connectivity index (χ0v) is 16.9. The van der Waals surface area contributed by atoms with Crippen LogP contribution in [0.5, 0.6) is 0 Å². The topological polar surface area (TPSA) is 162 Å². The average molecular weight is 443 g/mol. The first kappa shape index (κ1) is 19.7. The van der Waals surface area contributed by atoms with Crippen LogP contribution in [0.3, 0.4) is 0 Å². The van der Waals surface area contributed by atoms with E-state index in [4.69, 9.17) is 4.55 Å². The Labute approximate surface area is 169 Å². The fraction of sp³-hybridized carbons (Fsp3) is 0.429. The number of carbonyl (C=O) groups excluding carboxylic acids is 1. The van der Waals surface area contributed by atoms with Crippen LogP contribution < -0.4 is 5.48 Å². The second-order valence-corrected chi connectivity index (χ2v) is 8.43. The van der Waals surface area contributed by atoms with E-state index in [1.807, 2.05) is 17.8 Å². The highest BCUT2D eigenvalue weighted by molar-refractivity contribution is 7.80. The lowest BCUT2D eigenvalue weighted by molar-refractivity contribution is -0.0316. The van der Waals surface area contributed by atoms with Crippen LogP contribution in [0.4, 0.5) is 4.79 Å². The lowest BCUT2D eigenvalue weighted by Crippen LogP contribution is -2.43. The van der Waals surface area contributed by atoms with Crippen molar-refractivity contribution in [1.82, 2.24) is 30.2 Å². The van der Waals surface area contributed by atoms with Gasteiger partial charge in [0.15, 0.2) is 5.84 Å². The van der Waals surface area contributed by atoms with E-state index in [0.29, 0.717) is 16.3 Å². The van der Waals surface area contributed by atoms with Gasteiger partial charge in [-0.05, 0) is 6.92 Å². The van der Waals surface area contributed by atoms with Gasteiger partial charge in [0.05, 0.1) is 25.0 Å². The molecule has 0 aliphatic carbocycles. The smallest absolute Gasteiger partial charge is 0.304 e. The lowest BCUT2D eigenvalue weighted by Gasteiger charge is -2.31. The third kappa shape index (κ3) is 3.46. The summed E-state index contributed by atoms with van der Waals surface area (Å²) in [4.78, 5) is 22.7. The summed E-state index contributed by atoms with van der Waals surface area (Å²) in [6.07, 6.45) is 1.47. The number of amidine groups is 1. The van der Waals surface area contributed by atoms with Crippen molar-refractivity contribution in [2.24, 2.45) is 12.0 Å². The Balaban J connectivity index is 1.74.